The van der Waals surface area contributed by atoms with E-state index in [1.54, 1.807) is 0 Å². The zero-order valence-electron chi connectivity index (χ0n) is 62.1. The van der Waals surface area contributed by atoms with Crippen LogP contribution in [0.2, 0.25) is 0 Å². The molecule has 0 spiro atoms. The molecule has 2 atom stereocenters. The minimum atomic E-state index is -0.663. The van der Waals surface area contributed by atoms with Gasteiger partial charge in [-0.1, -0.05) is 436 Å². The monoisotopic (exact) mass is 1280 g/mol. The summed E-state index contributed by atoms with van der Waals surface area (Å²) in [4.78, 5) is 24.7. The Morgan fingerprint density at radius 2 is 0.549 bits per heavy atom. The first kappa shape index (κ1) is 89.3. The van der Waals surface area contributed by atoms with Gasteiger partial charge in [-0.25, -0.2) is 0 Å². The second-order valence-corrected chi connectivity index (χ2v) is 29.2. The number of amides is 1. The van der Waals surface area contributed by atoms with E-state index >= 15 is 0 Å². The van der Waals surface area contributed by atoms with E-state index in [0.29, 0.717) is 25.9 Å². The lowest BCUT2D eigenvalue weighted by Gasteiger charge is -2.22. The summed E-state index contributed by atoms with van der Waals surface area (Å²) >= 11 is 0. The second kappa shape index (κ2) is 80.8. The van der Waals surface area contributed by atoms with Crippen LogP contribution in [-0.2, 0) is 14.3 Å². The first-order chi connectivity index (χ1) is 45.0. The van der Waals surface area contributed by atoms with E-state index in [4.69, 9.17) is 4.74 Å². The van der Waals surface area contributed by atoms with Gasteiger partial charge in [-0.3, -0.25) is 9.59 Å². The van der Waals surface area contributed by atoms with Crippen molar-refractivity contribution in [2.75, 3.05) is 13.2 Å². The highest BCUT2D eigenvalue weighted by Crippen LogP contribution is 2.21. The van der Waals surface area contributed by atoms with E-state index in [9.17, 15) is 19.8 Å². The average Bonchev–Trinajstić information content (AvgIpc) is 3.59. The van der Waals surface area contributed by atoms with Crippen LogP contribution in [-0.4, -0.2) is 47.4 Å². The van der Waals surface area contributed by atoms with Crippen LogP contribution in [0.1, 0.15) is 483 Å². The van der Waals surface area contributed by atoms with Crippen LogP contribution >= 0.6 is 0 Å². The Morgan fingerprint density at radius 3 is 0.835 bits per heavy atom. The van der Waals surface area contributed by atoms with Gasteiger partial charge in [-0.05, 0) is 57.8 Å². The number of aliphatic hydroxyl groups excluding tert-OH is 2. The predicted molar refractivity (Wildman–Crippen MR) is 403 cm³/mol. The highest BCUT2D eigenvalue weighted by molar-refractivity contribution is 5.76. The van der Waals surface area contributed by atoms with Crippen LogP contribution in [0.4, 0.5) is 0 Å². The SMILES string of the molecule is CCCCCCCCCCCCCCCCCCCCCC(O)C(CO)NC(=O)CCCCCCCCCCCCCCCCCCC/C=C\C/C=C\CCCCCCCCCCCCCCCOC(=O)CCCCCCCCCCCCCCCCCCCC. The number of allylic oxidation sites excluding steroid dienone is 4. The minimum absolute atomic E-state index is 0.0243. The van der Waals surface area contributed by atoms with Gasteiger partial charge in [0.2, 0.25) is 5.91 Å². The normalized spacial score (nSPS) is 12.5. The molecule has 91 heavy (non-hydrogen) atoms. The van der Waals surface area contributed by atoms with Gasteiger partial charge >= 0.3 is 5.97 Å². The van der Waals surface area contributed by atoms with Crippen molar-refractivity contribution in [3.8, 4) is 0 Å². The molecule has 3 N–H and O–H groups in total. The van der Waals surface area contributed by atoms with Crippen molar-refractivity contribution in [3.63, 3.8) is 0 Å². The first-order valence-electron chi connectivity index (χ1n) is 42.1. The van der Waals surface area contributed by atoms with Crippen molar-refractivity contribution in [2.24, 2.45) is 0 Å². The summed E-state index contributed by atoms with van der Waals surface area (Å²) in [5, 5.41) is 23.4. The highest BCUT2D eigenvalue weighted by Gasteiger charge is 2.20. The fourth-order valence-corrected chi connectivity index (χ4v) is 13.6. The maximum Gasteiger partial charge on any atom is 0.305 e. The molecule has 0 rings (SSSR count). The maximum atomic E-state index is 12.6. The first-order valence-corrected chi connectivity index (χ1v) is 42.1. The van der Waals surface area contributed by atoms with E-state index in [-0.39, 0.29) is 18.5 Å². The summed E-state index contributed by atoms with van der Waals surface area (Å²) in [7, 11) is 0. The molecule has 0 aromatic carbocycles. The second-order valence-electron chi connectivity index (χ2n) is 29.2. The molecule has 6 nitrogen and oxygen atoms in total. The molecule has 0 bridgehead atoms. The van der Waals surface area contributed by atoms with Crippen molar-refractivity contribution in [3.05, 3.63) is 24.3 Å². The quantitative estimate of drug-likeness (QED) is 0.0320. The summed E-state index contributed by atoms with van der Waals surface area (Å²) in [5.41, 5.74) is 0. The Kier molecular flexibility index (Phi) is 79.3. The third-order valence-electron chi connectivity index (χ3n) is 20.0. The topological polar surface area (TPSA) is 95.9 Å². The van der Waals surface area contributed by atoms with Crippen molar-refractivity contribution in [1.29, 1.82) is 0 Å². The van der Waals surface area contributed by atoms with Gasteiger partial charge in [0.15, 0.2) is 0 Å². The van der Waals surface area contributed by atoms with E-state index in [2.05, 4.69) is 43.5 Å². The number of ether oxygens (including phenoxy) is 1. The van der Waals surface area contributed by atoms with Crippen LogP contribution in [0.25, 0.3) is 0 Å². The number of hydrogen-bond acceptors (Lipinski definition) is 5. The third kappa shape index (κ3) is 77.2. The fraction of sp³-hybridized carbons (Fsp3) is 0.929. The number of rotatable bonds is 80. The molecular weight excluding hydrogens is 1110 g/mol. The minimum Gasteiger partial charge on any atom is -0.466 e. The van der Waals surface area contributed by atoms with Crippen LogP contribution in [0.15, 0.2) is 24.3 Å². The molecule has 0 aliphatic heterocycles. The summed E-state index contributed by atoms with van der Waals surface area (Å²) < 4.78 is 5.52. The number of esters is 1. The molecule has 0 heterocycles. The molecule has 1 amide bonds. The number of nitrogens with one attached hydrogen (secondary N) is 1. The molecule has 0 aromatic heterocycles. The van der Waals surface area contributed by atoms with Gasteiger partial charge in [0, 0.05) is 12.8 Å². The van der Waals surface area contributed by atoms with Crippen molar-refractivity contribution < 1.29 is 24.5 Å². The molecule has 6 heteroatoms. The Labute approximate surface area is 571 Å². The lowest BCUT2D eigenvalue weighted by molar-refractivity contribution is -0.143. The molecule has 0 aliphatic carbocycles. The van der Waals surface area contributed by atoms with E-state index < -0.39 is 12.1 Å². The Morgan fingerprint density at radius 1 is 0.308 bits per heavy atom. The molecule has 540 valence electrons. The van der Waals surface area contributed by atoms with Crippen LogP contribution in [0.3, 0.4) is 0 Å². The van der Waals surface area contributed by atoms with Gasteiger partial charge in [0.1, 0.15) is 0 Å². The van der Waals surface area contributed by atoms with E-state index in [0.717, 1.165) is 44.9 Å². The number of unbranched alkanes of at least 4 members (excludes halogenated alkanes) is 65. The zero-order chi connectivity index (χ0) is 65.6. The molecule has 0 aliphatic rings. The van der Waals surface area contributed by atoms with E-state index in [1.165, 1.54) is 405 Å². The Bertz CT molecular complexity index is 1430. The van der Waals surface area contributed by atoms with Gasteiger partial charge < -0.3 is 20.3 Å². The lowest BCUT2D eigenvalue weighted by atomic mass is 10.0. The number of carbonyl (C=O) groups is 2. The largest absolute Gasteiger partial charge is 0.466 e. The number of hydrogen-bond donors (Lipinski definition) is 3. The highest BCUT2D eigenvalue weighted by atomic mass is 16.5. The van der Waals surface area contributed by atoms with Crippen LogP contribution < -0.4 is 5.32 Å². The molecular formula is C85H165NO5. The number of aliphatic hydroxyl groups is 2. The zero-order valence-corrected chi connectivity index (χ0v) is 62.1. The standard InChI is InChI=1S/C85H165NO5/c1-3-5-7-9-11-13-15-17-19-21-42-45-49-53-57-61-65-69-73-77-83(88)82(81-87)86-84(89)78-74-70-66-62-58-54-50-46-43-40-38-36-34-32-30-28-26-24-23-25-27-29-31-33-35-37-39-41-44-48-52-56-60-64-68-72-76-80-91-85(90)79-75-71-67-63-59-55-51-47-22-20-18-16-14-12-10-8-6-4-2/h23,25,29,31,82-83,87-88H,3-22,24,26-28,30,32-81H2,1-2H3,(H,86,89)/b25-23-,31-29-. The van der Waals surface area contributed by atoms with Crippen LogP contribution in [0.5, 0.6) is 0 Å². The van der Waals surface area contributed by atoms with E-state index in [1.807, 2.05) is 0 Å². The van der Waals surface area contributed by atoms with Crippen LogP contribution in [0, 0.1) is 0 Å². The summed E-state index contributed by atoms with van der Waals surface area (Å²) in [6.45, 7) is 5.02. The molecule has 0 saturated heterocycles. The third-order valence-corrected chi connectivity index (χ3v) is 20.0. The van der Waals surface area contributed by atoms with Gasteiger partial charge in [0.25, 0.3) is 0 Å². The number of carbonyl (C=O) groups excluding carboxylic acids is 2. The lowest BCUT2D eigenvalue weighted by Crippen LogP contribution is -2.45. The smallest absolute Gasteiger partial charge is 0.305 e. The molecule has 2 unspecified atom stereocenters. The van der Waals surface area contributed by atoms with Gasteiger partial charge in [0.05, 0.1) is 25.4 Å². The Hall–Kier alpha value is -1.66. The molecule has 0 radical (unpaired) electrons. The molecule has 0 fully saturated rings. The summed E-state index contributed by atoms with van der Waals surface area (Å²) in [6.07, 6.45) is 104. The van der Waals surface area contributed by atoms with Gasteiger partial charge in [-0.2, -0.15) is 0 Å². The van der Waals surface area contributed by atoms with Gasteiger partial charge in [-0.15, -0.1) is 0 Å². The predicted octanol–water partition coefficient (Wildman–Crippen LogP) is 28.0. The fourth-order valence-electron chi connectivity index (χ4n) is 13.6. The van der Waals surface area contributed by atoms with Crippen molar-refractivity contribution in [2.45, 2.75) is 495 Å². The summed E-state index contributed by atoms with van der Waals surface area (Å²) in [6, 6.07) is -0.540. The maximum absolute atomic E-state index is 12.6. The average molecular weight is 1280 g/mol. The molecule has 0 aromatic rings. The summed E-state index contributed by atoms with van der Waals surface area (Å²) in [5.74, 6) is -0.00279. The van der Waals surface area contributed by atoms with Crippen molar-refractivity contribution in [1.82, 2.24) is 5.32 Å². The Balaban J connectivity index is 3.34. The van der Waals surface area contributed by atoms with Crippen molar-refractivity contribution >= 4 is 11.9 Å². The molecule has 0 saturated carbocycles.